The summed E-state index contributed by atoms with van der Waals surface area (Å²) in [7, 11) is -7.83. The van der Waals surface area contributed by atoms with Gasteiger partial charge in [0.2, 0.25) is 0 Å². The van der Waals surface area contributed by atoms with Crippen molar-refractivity contribution in [3.8, 4) is 0 Å². The highest BCUT2D eigenvalue weighted by Gasteiger charge is 2.10. The van der Waals surface area contributed by atoms with Crippen LogP contribution in [0.4, 0.5) is 0 Å². The maximum Gasteiger partial charge on any atom is 0.181 e. The van der Waals surface area contributed by atoms with E-state index in [4.69, 9.17) is 25.9 Å². The lowest BCUT2D eigenvalue weighted by molar-refractivity contribution is -0.704. The van der Waals surface area contributed by atoms with Crippen LogP contribution in [0.15, 0.2) is 48.8 Å². The molecule has 2 heterocycles. The van der Waals surface area contributed by atoms with Gasteiger partial charge >= 0.3 is 0 Å². The highest BCUT2D eigenvalue weighted by Crippen LogP contribution is 2.13. The summed E-state index contributed by atoms with van der Waals surface area (Å²) < 4.78 is 59.5. The van der Waals surface area contributed by atoms with Crippen molar-refractivity contribution >= 4 is 20.2 Å². The molecule has 54 heavy (non-hydrogen) atoms. The van der Waals surface area contributed by atoms with Crippen LogP contribution in [0.25, 0.3) is 0 Å². The predicted molar refractivity (Wildman–Crippen MR) is 223 cm³/mol. The normalized spacial score (nSPS) is 11.4. The zero-order valence-electron chi connectivity index (χ0n) is 35.0. The lowest BCUT2D eigenvalue weighted by atomic mass is 10.0. The van der Waals surface area contributed by atoms with Gasteiger partial charge < -0.3 is 9.11 Å². The van der Waals surface area contributed by atoms with E-state index in [-0.39, 0.29) is 0 Å². The van der Waals surface area contributed by atoms with Gasteiger partial charge in [-0.05, 0) is 25.7 Å². The number of nitrogens with zero attached hydrogens (tertiary/aromatic N) is 2. The van der Waals surface area contributed by atoms with E-state index >= 15 is 0 Å². The molecule has 2 aromatic rings. The van der Waals surface area contributed by atoms with Gasteiger partial charge in [0.25, 0.3) is 0 Å². The second-order valence-electron chi connectivity index (χ2n) is 15.2. The summed E-state index contributed by atoms with van der Waals surface area (Å²) in [6.07, 6.45) is 44.8. The molecule has 0 aromatic carbocycles. The third kappa shape index (κ3) is 39.8. The predicted octanol–water partition coefficient (Wildman–Crippen LogP) is 10.6. The summed E-state index contributed by atoms with van der Waals surface area (Å²) in [4.78, 5) is 0. The molecule has 0 saturated carbocycles. The third-order valence-corrected chi connectivity index (χ3v) is 9.69. The highest BCUT2D eigenvalue weighted by atomic mass is 32.2. The van der Waals surface area contributed by atoms with Crippen molar-refractivity contribution in [2.45, 2.75) is 207 Å². The molecule has 314 valence electrons. The molecule has 0 aliphatic heterocycles. The standard InChI is InChI=1S/C42H74N2.2CH4O3S/c1-3-5-7-9-11-13-15-19-23-29-37-43-39-31-27-35-41(43)33-25-21-17-18-22-26-34-42-36-28-32-40-44(42)38-30-24-20-16-14-12-10-8-6-4-2;2*1-5(2,3)4/h27-28,31-32,35-36,39-40H,3-26,29-30,33-34,37-38H2,1-2H3;2*1H3,(H,2,3,4)/q+2;;/p-2. The average Bonchev–Trinajstić information content (AvgIpc) is 3.10. The summed E-state index contributed by atoms with van der Waals surface area (Å²) in [5, 5.41) is 0. The van der Waals surface area contributed by atoms with Crippen molar-refractivity contribution in [1.82, 2.24) is 0 Å². The Labute approximate surface area is 333 Å². The maximum atomic E-state index is 9.08. The number of aromatic nitrogens is 2. The summed E-state index contributed by atoms with van der Waals surface area (Å²) >= 11 is 0. The van der Waals surface area contributed by atoms with Crippen molar-refractivity contribution < 1.29 is 35.1 Å². The second-order valence-corrected chi connectivity index (χ2v) is 18.0. The Bertz CT molecular complexity index is 1230. The smallest absolute Gasteiger partial charge is 0.181 e. The van der Waals surface area contributed by atoms with Gasteiger partial charge in [-0.25, -0.2) is 26.0 Å². The minimum absolute atomic E-state index is 0.604. The second kappa shape index (κ2) is 35.5. The van der Waals surface area contributed by atoms with E-state index in [1.165, 1.54) is 193 Å². The molecule has 0 unspecified atom stereocenters. The number of hydrogen-bond donors (Lipinski definition) is 0. The SMILES string of the molecule is CCCCCCCCCCCC[n+]1ccccc1CCCCCCCCc1cccc[n+]1CCCCCCCCCCCC.CS(=O)(=O)[O-].CS(=O)(=O)[O-]. The fraction of sp³-hybridized carbons (Fsp3) is 0.773. The Kier molecular flexibility index (Phi) is 34.3. The van der Waals surface area contributed by atoms with Gasteiger partial charge in [-0.2, -0.15) is 0 Å². The van der Waals surface area contributed by atoms with Crippen LogP contribution in [-0.2, 0) is 46.2 Å². The first kappa shape index (κ1) is 52.1. The monoisotopic (exact) mass is 797 g/mol. The highest BCUT2D eigenvalue weighted by molar-refractivity contribution is 7.85. The Hall–Kier alpha value is -1.88. The molecular weight excluding hydrogens is 717 g/mol. The van der Waals surface area contributed by atoms with Crippen LogP contribution in [0.2, 0.25) is 0 Å². The van der Waals surface area contributed by atoms with Crippen molar-refractivity contribution in [3.05, 3.63) is 60.2 Å². The molecule has 0 aliphatic rings. The van der Waals surface area contributed by atoms with Crippen molar-refractivity contribution in [2.24, 2.45) is 0 Å². The van der Waals surface area contributed by atoms with Gasteiger partial charge in [0.1, 0.15) is 13.1 Å². The number of pyridine rings is 2. The first-order chi connectivity index (χ1) is 25.8. The Balaban J connectivity index is 0.00000247. The van der Waals surface area contributed by atoms with Gasteiger partial charge in [0.05, 0.1) is 20.2 Å². The van der Waals surface area contributed by atoms with E-state index in [1.807, 2.05) is 0 Å². The molecule has 0 spiro atoms. The largest absolute Gasteiger partial charge is 0.748 e. The molecule has 10 heteroatoms. The molecule has 0 aliphatic carbocycles. The third-order valence-electron chi connectivity index (χ3n) is 9.69. The molecular formula is C44H80N2O6S2. The fourth-order valence-electron chi connectivity index (χ4n) is 6.77. The van der Waals surface area contributed by atoms with Gasteiger partial charge in [-0.3, -0.25) is 0 Å². The van der Waals surface area contributed by atoms with E-state index in [2.05, 4.69) is 71.8 Å². The minimum atomic E-state index is -3.92. The fourth-order valence-corrected chi connectivity index (χ4v) is 6.77. The number of aryl methyl sites for hydroxylation is 4. The first-order valence-corrected chi connectivity index (χ1v) is 25.2. The first-order valence-electron chi connectivity index (χ1n) is 21.6. The molecule has 0 fully saturated rings. The summed E-state index contributed by atoms with van der Waals surface area (Å²) in [6.45, 7) is 7.01. The van der Waals surface area contributed by atoms with Crippen LogP contribution in [-0.4, -0.2) is 38.5 Å². The zero-order valence-corrected chi connectivity index (χ0v) is 36.6. The van der Waals surface area contributed by atoms with E-state index in [1.54, 1.807) is 11.4 Å². The lowest BCUT2D eigenvalue weighted by Gasteiger charge is -2.06. The average molecular weight is 797 g/mol. The molecule has 0 amide bonds. The summed E-state index contributed by atoms with van der Waals surface area (Å²) in [5.74, 6) is 0. The zero-order chi connectivity index (χ0) is 40.2. The van der Waals surface area contributed by atoms with E-state index in [0.717, 1.165) is 0 Å². The van der Waals surface area contributed by atoms with Crippen molar-refractivity contribution in [1.29, 1.82) is 0 Å². The minimum Gasteiger partial charge on any atom is -0.748 e. The van der Waals surface area contributed by atoms with Gasteiger partial charge in [0.15, 0.2) is 23.8 Å². The molecule has 0 saturated heterocycles. The Morgan fingerprint density at radius 3 is 0.926 bits per heavy atom. The van der Waals surface area contributed by atoms with Crippen LogP contribution < -0.4 is 9.13 Å². The lowest BCUT2D eigenvalue weighted by Crippen LogP contribution is -2.38. The molecule has 8 nitrogen and oxygen atoms in total. The van der Waals surface area contributed by atoms with E-state index < -0.39 is 20.2 Å². The van der Waals surface area contributed by atoms with Crippen LogP contribution in [0, 0.1) is 0 Å². The van der Waals surface area contributed by atoms with Crippen LogP contribution in [0.1, 0.15) is 192 Å². The molecule has 2 aromatic heterocycles. The number of rotatable bonds is 31. The molecule has 0 N–H and O–H groups in total. The van der Waals surface area contributed by atoms with Crippen LogP contribution in [0.5, 0.6) is 0 Å². The summed E-state index contributed by atoms with van der Waals surface area (Å²) in [5.41, 5.74) is 3.08. The maximum absolute atomic E-state index is 9.08. The number of hydrogen-bond acceptors (Lipinski definition) is 6. The Morgan fingerprint density at radius 1 is 0.407 bits per heavy atom. The Morgan fingerprint density at radius 2 is 0.648 bits per heavy atom. The van der Waals surface area contributed by atoms with Crippen molar-refractivity contribution in [2.75, 3.05) is 12.5 Å². The van der Waals surface area contributed by atoms with Crippen LogP contribution >= 0.6 is 0 Å². The molecule has 2 rings (SSSR count). The van der Waals surface area contributed by atoms with Crippen molar-refractivity contribution in [3.63, 3.8) is 0 Å². The van der Waals surface area contributed by atoms with E-state index in [0.29, 0.717) is 12.5 Å². The summed E-state index contributed by atoms with van der Waals surface area (Å²) in [6, 6.07) is 13.6. The van der Waals surface area contributed by atoms with E-state index in [9.17, 15) is 0 Å². The molecule has 0 atom stereocenters. The quantitative estimate of drug-likeness (QED) is 0.0425. The van der Waals surface area contributed by atoms with Gasteiger partial charge in [-0.1, -0.05) is 154 Å². The van der Waals surface area contributed by atoms with Crippen LogP contribution in [0.3, 0.4) is 0 Å². The molecule has 0 radical (unpaired) electrons. The molecule has 0 bridgehead atoms. The van der Waals surface area contributed by atoms with Gasteiger partial charge in [0, 0.05) is 62.5 Å². The number of unbranched alkanes of at least 4 members (excludes halogenated alkanes) is 23. The van der Waals surface area contributed by atoms with Gasteiger partial charge in [-0.15, -0.1) is 0 Å². The topological polar surface area (TPSA) is 122 Å².